The van der Waals surface area contributed by atoms with Crippen molar-refractivity contribution in [3.05, 3.63) is 0 Å². The molecule has 4 aliphatic heterocycles. The molecule has 4 rings (SSSR count). The maximum Gasteiger partial charge on any atom is 0.114 e. The maximum atomic E-state index is 8.87. The van der Waals surface area contributed by atoms with Gasteiger partial charge >= 0.3 is 0 Å². The van der Waals surface area contributed by atoms with Crippen LogP contribution >= 0.6 is 70.6 Å². The monoisotopic (exact) mass is 339 g/mol. The Kier molecular flexibility index (Phi) is 3.23. The molecule has 0 aromatic carbocycles. The first kappa shape index (κ1) is 13.6. The molecule has 0 aromatic heterocycles. The lowest BCUT2D eigenvalue weighted by Gasteiger charge is -2.65. The Morgan fingerprint density at radius 3 is 1.59 bits per heavy atom. The minimum absolute atomic E-state index is 0.204. The molecule has 17 heavy (non-hydrogen) atoms. The summed E-state index contributed by atoms with van der Waals surface area (Å²) in [6.45, 7) is 7.09. The second-order valence-corrected chi connectivity index (χ2v) is 18.3. The molecule has 0 atom stereocenters. The van der Waals surface area contributed by atoms with E-state index in [0.717, 1.165) is 6.42 Å². The Hall–Kier alpha value is 1.59. The molecular weight excluding hydrogens is 327 g/mol. The SMILES string of the molecule is CC12SC3(C)SC(C)(S1)SC(CCC#N)(S2)S3. The van der Waals surface area contributed by atoms with Crippen molar-refractivity contribution in [2.24, 2.45) is 0 Å². The van der Waals surface area contributed by atoms with E-state index in [-0.39, 0.29) is 13.6 Å². The highest BCUT2D eigenvalue weighted by Crippen LogP contribution is 2.88. The molecule has 0 radical (unpaired) electrons. The smallest absolute Gasteiger partial charge is 0.114 e. The number of nitrogens with zero attached hydrogens (tertiary/aromatic N) is 1. The van der Waals surface area contributed by atoms with Gasteiger partial charge in [0, 0.05) is 6.42 Å². The zero-order chi connectivity index (χ0) is 12.4. The van der Waals surface area contributed by atoms with Crippen molar-refractivity contribution in [3.63, 3.8) is 0 Å². The number of rotatable bonds is 2. The second kappa shape index (κ2) is 4.05. The van der Waals surface area contributed by atoms with Crippen molar-refractivity contribution in [3.8, 4) is 6.07 Å². The van der Waals surface area contributed by atoms with Gasteiger partial charge in [0.1, 0.15) is 13.6 Å². The van der Waals surface area contributed by atoms with Gasteiger partial charge in [-0.05, 0) is 27.2 Å². The van der Waals surface area contributed by atoms with Crippen LogP contribution in [0.4, 0.5) is 0 Å². The largest absolute Gasteiger partial charge is 0.198 e. The van der Waals surface area contributed by atoms with Gasteiger partial charge in [-0.3, -0.25) is 0 Å². The molecule has 4 aliphatic rings. The lowest BCUT2D eigenvalue weighted by atomic mass is 10.4. The maximum absolute atomic E-state index is 8.87. The number of hydrogen-bond acceptors (Lipinski definition) is 7. The normalized spacial score (nSPS) is 55.9. The molecule has 4 saturated heterocycles. The standard InChI is InChI=1S/C10H13NS6/c1-7-12-8(2)14-9(3,13-7)17-10(15-7,16-8)5-4-6-11/h4-5H2,1-3H3. The van der Waals surface area contributed by atoms with E-state index < -0.39 is 0 Å². The van der Waals surface area contributed by atoms with E-state index in [1.807, 2.05) is 0 Å². The van der Waals surface area contributed by atoms with E-state index in [0.29, 0.717) is 6.42 Å². The van der Waals surface area contributed by atoms with Crippen molar-refractivity contribution < 1.29 is 0 Å². The van der Waals surface area contributed by atoms with Gasteiger partial charge in [0.05, 0.1) is 6.07 Å². The average molecular weight is 340 g/mol. The first-order valence-electron chi connectivity index (χ1n) is 5.38. The third kappa shape index (κ3) is 2.36. The van der Waals surface area contributed by atoms with E-state index in [2.05, 4.69) is 97.4 Å². The summed E-state index contributed by atoms with van der Waals surface area (Å²) in [5.41, 5.74) is 0. The molecule has 7 heteroatoms. The van der Waals surface area contributed by atoms with Gasteiger partial charge in [-0.1, -0.05) is 0 Å². The first-order chi connectivity index (χ1) is 7.80. The predicted molar refractivity (Wildman–Crippen MR) is 88.3 cm³/mol. The summed E-state index contributed by atoms with van der Waals surface area (Å²) in [5.74, 6) is 0. The summed E-state index contributed by atoms with van der Waals surface area (Å²) < 4.78 is 0.998. The van der Waals surface area contributed by atoms with Crippen LogP contribution in [0.5, 0.6) is 0 Å². The van der Waals surface area contributed by atoms with Gasteiger partial charge in [0.15, 0.2) is 0 Å². The molecule has 4 heterocycles. The molecule has 0 aliphatic carbocycles. The fourth-order valence-electron chi connectivity index (χ4n) is 2.47. The zero-order valence-electron chi connectivity index (χ0n) is 9.81. The van der Waals surface area contributed by atoms with Gasteiger partial charge in [-0.25, -0.2) is 0 Å². The summed E-state index contributed by atoms with van der Waals surface area (Å²) in [6, 6.07) is 2.32. The van der Waals surface area contributed by atoms with E-state index in [9.17, 15) is 0 Å². The lowest BCUT2D eigenvalue weighted by molar-refractivity contribution is 0.891. The van der Waals surface area contributed by atoms with Crippen LogP contribution in [0.3, 0.4) is 0 Å². The molecule has 0 amide bonds. The number of thioether (sulfide) groups is 6. The van der Waals surface area contributed by atoms with Crippen molar-refractivity contribution in [2.75, 3.05) is 0 Å². The molecular formula is C10H13NS6. The third-order valence-corrected chi connectivity index (χ3v) is 13.6. The fourth-order valence-corrected chi connectivity index (χ4v) is 24.2. The highest BCUT2D eigenvalue weighted by Gasteiger charge is 2.68. The highest BCUT2D eigenvalue weighted by molar-refractivity contribution is 8.64. The minimum atomic E-state index is 0.204. The van der Waals surface area contributed by atoms with E-state index >= 15 is 0 Å². The molecule has 0 N–H and O–H groups in total. The third-order valence-electron chi connectivity index (χ3n) is 2.68. The Balaban J connectivity index is 1.96. The molecule has 1 nitrogen and oxygen atoms in total. The summed E-state index contributed by atoms with van der Waals surface area (Å²) in [5, 5.41) is 8.87. The summed E-state index contributed by atoms with van der Waals surface area (Å²) in [6.07, 6.45) is 1.68. The topological polar surface area (TPSA) is 23.8 Å². The Morgan fingerprint density at radius 1 is 0.824 bits per heavy atom. The van der Waals surface area contributed by atoms with Crippen molar-refractivity contribution >= 4 is 70.6 Å². The molecule has 0 saturated carbocycles. The van der Waals surface area contributed by atoms with Crippen LogP contribution < -0.4 is 0 Å². The summed E-state index contributed by atoms with van der Waals surface area (Å²) in [4.78, 5) is 0. The quantitative estimate of drug-likeness (QED) is 0.663. The van der Waals surface area contributed by atoms with Gasteiger partial charge in [0.25, 0.3) is 0 Å². The molecule has 0 unspecified atom stereocenters. The first-order valence-corrected chi connectivity index (χ1v) is 10.3. The fraction of sp³-hybridized carbons (Fsp3) is 0.900. The van der Waals surface area contributed by atoms with Crippen molar-refractivity contribution in [2.45, 2.75) is 47.3 Å². The van der Waals surface area contributed by atoms with Crippen LogP contribution in [-0.4, -0.2) is 13.6 Å². The molecule has 0 spiro atoms. The minimum Gasteiger partial charge on any atom is -0.198 e. The van der Waals surface area contributed by atoms with Crippen LogP contribution in [0.15, 0.2) is 0 Å². The van der Waals surface area contributed by atoms with Crippen LogP contribution in [0, 0.1) is 11.3 Å². The highest BCUT2D eigenvalue weighted by atomic mass is 32.4. The molecule has 4 bridgehead atoms. The van der Waals surface area contributed by atoms with Crippen LogP contribution in [0.2, 0.25) is 0 Å². The number of nitriles is 1. The van der Waals surface area contributed by atoms with Crippen LogP contribution in [-0.2, 0) is 0 Å². The van der Waals surface area contributed by atoms with Gasteiger partial charge in [-0.15, -0.1) is 70.6 Å². The summed E-state index contributed by atoms with van der Waals surface area (Å²) >= 11 is 12.5. The molecule has 94 valence electrons. The van der Waals surface area contributed by atoms with Crippen LogP contribution in [0.25, 0.3) is 0 Å². The Labute approximate surface area is 128 Å². The van der Waals surface area contributed by atoms with E-state index in [4.69, 9.17) is 5.26 Å². The zero-order valence-corrected chi connectivity index (χ0v) is 14.7. The summed E-state index contributed by atoms with van der Waals surface area (Å²) in [7, 11) is 0. The van der Waals surface area contributed by atoms with Crippen LogP contribution in [0.1, 0.15) is 33.6 Å². The second-order valence-electron chi connectivity index (χ2n) is 4.54. The molecule has 0 aromatic rings. The Morgan fingerprint density at radius 2 is 1.24 bits per heavy atom. The molecule has 4 fully saturated rings. The van der Waals surface area contributed by atoms with Gasteiger partial charge in [0.2, 0.25) is 0 Å². The number of hydrogen-bond donors (Lipinski definition) is 0. The van der Waals surface area contributed by atoms with E-state index in [1.54, 1.807) is 0 Å². The van der Waals surface area contributed by atoms with Crippen molar-refractivity contribution in [1.82, 2.24) is 0 Å². The van der Waals surface area contributed by atoms with E-state index in [1.165, 1.54) is 0 Å². The van der Waals surface area contributed by atoms with Gasteiger partial charge in [-0.2, -0.15) is 5.26 Å². The Bertz CT molecular complexity index is 351. The average Bonchev–Trinajstić information content (AvgIpc) is 2.06. The van der Waals surface area contributed by atoms with Gasteiger partial charge < -0.3 is 0 Å². The lowest BCUT2D eigenvalue weighted by Crippen LogP contribution is -2.50. The van der Waals surface area contributed by atoms with Crippen molar-refractivity contribution in [1.29, 1.82) is 5.26 Å². The predicted octanol–water partition coefficient (Wildman–Crippen LogP) is 5.41.